The van der Waals surface area contributed by atoms with Crippen molar-refractivity contribution in [3.05, 3.63) is 30.6 Å². The summed E-state index contributed by atoms with van der Waals surface area (Å²) in [4.78, 5) is 16.8. The van der Waals surface area contributed by atoms with Crippen molar-refractivity contribution in [2.45, 2.75) is 51.1 Å². The monoisotopic (exact) mass is 352 g/mol. The Bertz CT molecular complexity index is 770. The zero-order chi connectivity index (χ0) is 17.5. The molecule has 1 aromatic heterocycles. The summed E-state index contributed by atoms with van der Waals surface area (Å²) in [5, 5.41) is 6.38. The molecule has 0 radical (unpaired) electrons. The molecular formula is C21H28N4O. The zero-order valence-electron chi connectivity index (χ0n) is 15.2. The molecule has 2 aromatic rings. The minimum atomic E-state index is 0.0259. The molecule has 1 heterocycles. The summed E-state index contributed by atoms with van der Waals surface area (Å²) >= 11 is 0. The number of carbonyl (C=O) groups excluding carboxylic acids is 1. The molecule has 138 valence electrons. The van der Waals surface area contributed by atoms with Crippen LogP contribution in [0.25, 0.3) is 11.0 Å². The number of carbonyl (C=O) groups is 1. The van der Waals surface area contributed by atoms with Gasteiger partial charge in [0.2, 0.25) is 0 Å². The Morgan fingerprint density at radius 1 is 1.08 bits per heavy atom. The highest BCUT2D eigenvalue weighted by atomic mass is 16.2. The predicted octanol–water partition coefficient (Wildman–Crippen LogP) is 3.55. The molecule has 4 bridgehead atoms. The van der Waals surface area contributed by atoms with Gasteiger partial charge in [0.15, 0.2) is 0 Å². The van der Waals surface area contributed by atoms with Crippen LogP contribution >= 0.6 is 0 Å². The Labute approximate surface area is 154 Å². The van der Waals surface area contributed by atoms with Gasteiger partial charge in [-0.2, -0.15) is 0 Å². The standard InChI is InChI=1S/C21H28N4O/c26-21(24-20-16-9-14-8-15(11-16)12-17(20)10-14)22-6-3-7-25-13-23-18-4-1-2-5-19(18)25/h1-2,4-5,13-17,20H,3,6-12H2,(H2,22,24,26). The smallest absolute Gasteiger partial charge is 0.315 e. The minimum absolute atomic E-state index is 0.0259. The quantitative estimate of drug-likeness (QED) is 0.809. The predicted molar refractivity (Wildman–Crippen MR) is 102 cm³/mol. The molecule has 26 heavy (non-hydrogen) atoms. The van der Waals surface area contributed by atoms with Gasteiger partial charge >= 0.3 is 6.03 Å². The van der Waals surface area contributed by atoms with Crippen LogP contribution in [0.4, 0.5) is 4.79 Å². The number of aromatic nitrogens is 2. The van der Waals surface area contributed by atoms with Crippen molar-refractivity contribution >= 4 is 17.1 Å². The molecule has 0 saturated heterocycles. The second kappa shape index (κ2) is 6.60. The van der Waals surface area contributed by atoms with Crippen LogP contribution in [0.5, 0.6) is 0 Å². The van der Waals surface area contributed by atoms with Gasteiger partial charge in [-0.25, -0.2) is 9.78 Å². The van der Waals surface area contributed by atoms with Crippen LogP contribution in [-0.2, 0) is 6.54 Å². The molecule has 2 amide bonds. The average Bonchev–Trinajstić information content (AvgIpc) is 3.04. The highest BCUT2D eigenvalue weighted by Gasteiger charge is 2.48. The number of para-hydroxylation sites is 2. The third-order valence-corrected chi connectivity index (χ3v) is 6.91. The van der Waals surface area contributed by atoms with Crippen LogP contribution in [-0.4, -0.2) is 28.2 Å². The van der Waals surface area contributed by atoms with Crippen molar-refractivity contribution in [2.75, 3.05) is 6.54 Å². The molecular weight excluding hydrogens is 324 g/mol. The van der Waals surface area contributed by atoms with Crippen molar-refractivity contribution in [2.24, 2.45) is 23.7 Å². The highest BCUT2D eigenvalue weighted by Crippen LogP contribution is 2.53. The van der Waals surface area contributed by atoms with Gasteiger partial charge in [-0.15, -0.1) is 0 Å². The summed E-state index contributed by atoms with van der Waals surface area (Å²) in [6.45, 7) is 1.57. The molecule has 4 aliphatic rings. The maximum Gasteiger partial charge on any atom is 0.315 e. The topological polar surface area (TPSA) is 59.0 Å². The maximum atomic E-state index is 12.4. The third kappa shape index (κ3) is 2.97. The first-order valence-corrected chi connectivity index (χ1v) is 10.2. The summed E-state index contributed by atoms with van der Waals surface area (Å²) in [5.74, 6) is 3.36. The average molecular weight is 352 g/mol. The lowest BCUT2D eigenvalue weighted by Crippen LogP contribution is -2.57. The minimum Gasteiger partial charge on any atom is -0.338 e. The van der Waals surface area contributed by atoms with Gasteiger partial charge in [0, 0.05) is 19.1 Å². The first kappa shape index (κ1) is 16.2. The van der Waals surface area contributed by atoms with E-state index in [1.54, 1.807) is 0 Å². The number of amides is 2. The number of aryl methyl sites for hydroxylation is 1. The van der Waals surface area contributed by atoms with Crippen molar-refractivity contribution in [3.8, 4) is 0 Å². The summed E-state index contributed by atoms with van der Waals surface area (Å²) in [6, 6.07) is 8.61. The molecule has 0 atom stereocenters. The van der Waals surface area contributed by atoms with E-state index in [9.17, 15) is 4.79 Å². The number of hydrogen-bond acceptors (Lipinski definition) is 2. The Hall–Kier alpha value is -2.04. The van der Waals surface area contributed by atoms with Gasteiger partial charge in [0.1, 0.15) is 0 Å². The van der Waals surface area contributed by atoms with Crippen LogP contribution < -0.4 is 10.6 Å². The molecule has 4 fully saturated rings. The van der Waals surface area contributed by atoms with Crippen molar-refractivity contribution < 1.29 is 4.79 Å². The van der Waals surface area contributed by atoms with Crippen molar-refractivity contribution in [3.63, 3.8) is 0 Å². The molecule has 2 N–H and O–H groups in total. The number of imidazole rings is 1. The van der Waals surface area contributed by atoms with Gasteiger partial charge in [-0.3, -0.25) is 0 Å². The van der Waals surface area contributed by atoms with Crippen molar-refractivity contribution in [1.29, 1.82) is 0 Å². The van der Waals surface area contributed by atoms with Gasteiger partial charge in [0.25, 0.3) is 0 Å². The Morgan fingerprint density at radius 3 is 2.58 bits per heavy atom. The van der Waals surface area contributed by atoms with Crippen LogP contribution in [0.1, 0.15) is 38.5 Å². The lowest BCUT2D eigenvalue weighted by Gasteiger charge is -2.54. The largest absolute Gasteiger partial charge is 0.338 e. The Balaban J connectivity index is 1.09. The third-order valence-electron chi connectivity index (χ3n) is 6.91. The second-order valence-corrected chi connectivity index (χ2v) is 8.64. The van der Waals surface area contributed by atoms with Crippen molar-refractivity contribution in [1.82, 2.24) is 20.2 Å². The van der Waals surface area contributed by atoms with E-state index in [2.05, 4.69) is 26.3 Å². The van der Waals surface area contributed by atoms with E-state index in [4.69, 9.17) is 0 Å². The lowest BCUT2D eigenvalue weighted by atomic mass is 9.54. The summed E-state index contributed by atoms with van der Waals surface area (Å²) < 4.78 is 2.16. The SMILES string of the molecule is O=C(NCCCn1cnc2ccccc21)NC1C2CC3CC(C2)CC1C3. The highest BCUT2D eigenvalue weighted by molar-refractivity contribution is 5.75. The molecule has 5 heteroatoms. The number of urea groups is 1. The Kier molecular flexibility index (Phi) is 4.10. The van der Waals surface area contributed by atoms with Crippen LogP contribution in [0.15, 0.2) is 30.6 Å². The molecule has 6 rings (SSSR count). The van der Waals surface area contributed by atoms with Gasteiger partial charge in [-0.1, -0.05) is 12.1 Å². The number of benzene rings is 1. The Morgan fingerprint density at radius 2 is 1.81 bits per heavy atom. The van der Waals surface area contributed by atoms with Crippen LogP contribution in [0, 0.1) is 23.7 Å². The number of nitrogens with one attached hydrogen (secondary N) is 2. The molecule has 0 aliphatic heterocycles. The molecule has 4 saturated carbocycles. The van der Waals surface area contributed by atoms with Gasteiger partial charge < -0.3 is 15.2 Å². The van der Waals surface area contributed by atoms with E-state index in [0.717, 1.165) is 47.7 Å². The fourth-order valence-electron chi connectivity index (χ4n) is 6.00. The van der Waals surface area contributed by atoms with E-state index in [1.807, 2.05) is 24.5 Å². The van der Waals surface area contributed by atoms with E-state index < -0.39 is 0 Å². The van der Waals surface area contributed by atoms with E-state index in [1.165, 1.54) is 32.1 Å². The summed E-state index contributed by atoms with van der Waals surface area (Å²) in [5.41, 5.74) is 2.19. The zero-order valence-corrected chi connectivity index (χ0v) is 15.2. The fraction of sp³-hybridized carbons (Fsp3) is 0.619. The number of nitrogens with zero attached hydrogens (tertiary/aromatic N) is 2. The van der Waals surface area contributed by atoms with Crippen LogP contribution in [0.3, 0.4) is 0 Å². The number of hydrogen-bond donors (Lipinski definition) is 2. The van der Waals surface area contributed by atoms with Gasteiger partial charge in [-0.05, 0) is 74.3 Å². The summed E-state index contributed by atoms with van der Waals surface area (Å²) in [6.07, 6.45) is 9.61. The van der Waals surface area contributed by atoms with E-state index >= 15 is 0 Å². The van der Waals surface area contributed by atoms with Gasteiger partial charge in [0.05, 0.1) is 17.4 Å². The first-order valence-electron chi connectivity index (χ1n) is 10.2. The van der Waals surface area contributed by atoms with E-state index in [0.29, 0.717) is 12.6 Å². The first-order chi connectivity index (χ1) is 12.8. The molecule has 4 aliphatic carbocycles. The number of rotatable bonds is 5. The number of fused-ring (bicyclic) bond motifs is 1. The molecule has 5 nitrogen and oxygen atoms in total. The summed E-state index contributed by atoms with van der Waals surface area (Å²) in [7, 11) is 0. The molecule has 0 unspecified atom stereocenters. The molecule has 1 aromatic carbocycles. The second-order valence-electron chi connectivity index (χ2n) is 8.64. The maximum absolute atomic E-state index is 12.4. The molecule has 0 spiro atoms. The normalized spacial score (nSPS) is 32.1. The fourth-order valence-corrected chi connectivity index (χ4v) is 6.00. The van der Waals surface area contributed by atoms with Crippen LogP contribution in [0.2, 0.25) is 0 Å². The van der Waals surface area contributed by atoms with E-state index in [-0.39, 0.29) is 6.03 Å². The lowest BCUT2D eigenvalue weighted by molar-refractivity contribution is -0.00940.